The van der Waals surface area contributed by atoms with Gasteiger partial charge in [0.05, 0.1) is 0 Å². The normalized spacial score (nSPS) is 11.9. The molecule has 0 spiro atoms. The van der Waals surface area contributed by atoms with Crippen molar-refractivity contribution in [2.24, 2.45) is 0 Å². The monoisotopic (exact) mass is 443 g/mol. The smallest absolute Gasteiger partial charge is 0.339 e. The van der Waals surface area contributed by atoms with Crippen molar-refractivity contribution in [3.8, 4) is 5.75 Å². The van der Waals surface area contributed by atoms with E-state index in [4.69, 9.17) is 20.8 Å². The van der Waals surface area contributed by atoms with Crippen molar-refractivity contribution in [1.29, 1.82) is 0 Å². The van der Waals surface area contributed by atoms with E-state index in [2.05, 4.69) is 5.32 Å². The van der Waals surface area contributed by atoms with Crippen molar-refractivity contribution >= 4 is 34.4 Å². The molecule has 1 atom stereocenters. The van der Waals surface area contributed by atoms with Gasteiger partial charge in [-0.1, -0.05) is 23.7 Å². The molecule has 2 N–H and O–H groups in total. The Kier molecular flexibility index (Phi) is 6.65. The lowest BCUT2D eigenvalue weighted by Crippen LogP contribution is -2.44. The van der Waals surface area contributed by atoms with Crippen LogP contribution >= 0.6 is 11.6 Å². The Morgan fingerprint density at radius 3 is 2.39 bits per heavy atom. The van der Waals surface area contributed by atoms with Crippen LogP contribution < -0.4 is 15.7 Å². The maximum atomic E-state index is 12.3. The van der Waals surface area contributed by atoms with E-state index in [0.29, 0.717) is 27.5 Å². The molecule has 1 amide bonds. The molecule has 0 aliphatic rings. The number of aliphatic carboxylic acids is 1. The van der Waals surface area contributed by atoms with Gasteiger partial charge >= 0.3 is 11.6 Å². The summed E-state index contributed by atoms with van der Waals surface area (Å²) in [6.45, 7) is 4.89. The number of halogens is 1. The molecule has 0 aliphatic heterocycles. The number of benzene rings is 2. The number of carboxylic acids is 1. The number of nitrogens with one attached hydrogen (secondary N) is 1. The Morgan fingerprint density at radius 2 is 1.74 bits per heavy atom. The fraction of sp³-hybridized carbons (Fsp3) is 0.261. The highest BCUT2D eigenvalue weighted by atomic mass is 35.5. The number of ether oxygens (including phenoxy) is 1. The van der Waals surface area contributed by atoms with E-state index in [9.17, 15) is 19.5 Å². The second-order valence-corrected chi connectivity index (χ2v) is 7.72. The van der Waals surface area contributed by atoms with Gasteiger partial charge in [0.15, 0.2) is 6.61 Å². The van der Waals surface area contributed by atoms with Crippen molar-refractivity contribution in [1.82, 2.24) is 5.32 Å². The number of hydrogen-bond acceptors (Lipinski definition) is 5. The number of hydrogen-bond donors (Lipinski definition) is 2. The van der Waals surface area contributed by atoms with Crippen LogP contribution in [0.25, 0.3) is 11.0 Å². The largest absolute Gasteiger partial charge is 0.483 e. The summed E-state index contributed by atoms with van der Waals surface area (Å²) in [7, 11) is 0. The molecule has 0 aliphatic carbocycles. The molecule has 162 valence electrons. The van der Waals surface area contributed by atoms with Crippen LogP contribution in [0.2, 0.25) is 5.02 Å². The highest BCUT2D eigenvalue weighted by Crippen LogP contribution is 2.29. The first kappa shape index (κ1) is 22.4. The lowest BCUT2D eigenvalue weighted by molar-refractivity contribution is -0.142. The number of rotatable bonds is 7. The zero-order valence-corrected chi connectivity index (χ0v) is 18.1. The van der Waals surface area contributed by atoms with Gasteiger partial charge in [0.25, 0.3) is 5.91 Å². The van der Waals surface area contributed by atoms with E-state index in [0.717, 1.165) is 16.5 Å². The topological polar surface area (TPSA) is 106 Å². The van der Waals surface area contributed by atoms with Gasteiger partial charge in [-0.3, -0.25) is 4.79 Å². The molecule has 0 saturated carbocycles. The standard InChI is InChI=1S/C23H22ClNO6/c1-12-13(2)23(29)31-21-14(3)19(9-8-17(12)21)30-11-20(26)25-18(22(27)28)10-15-4-6-16(24)7-5-15/h4-9,18H,10-11H2,1-3H3,(H,25,26)(H,27,28)/t18-/m1/s1. The molecule has 31 heavy (non-hydrogen) atoms. The van der Waals surface area contributed by atoms with Crippen LogP contribution in [0.5, 0.6) is 5.75 Å². The zero-order valence-electron chi connectivity index (χ0n) is 17.3. The minimum atomic E-state index is -1.15. The van der Waals surface area contributed by atoms with Crippen molar-refractivity contribution in [3.05, 3.63) is 74.1 Å². The Bertz CT molecular complexity index is 1200. The van der Waals surface area contributed by atoms with E-state index in [1.807, 2.05) is 6.92 Å². The molecule has 0 radical (unpaired) electrons. The Hall–Kier alpha value is -3.32. The molecule has 8 heteroatoms. The number of amides is 1. The number of fused-ring (bicyclic) bond motifs is 1. The van der Waals surface area contributed by atoms with Crippen molar-refractivity contribution < 1.29 is 23.8 Å². The number of carboxylic acid groups (broad SMARTS) is 1. The lowest BCUT2D eigenvalue weighted by atomic mass is 10.0. The highest BCUT2D eigenvalue weighted by Gasteiger charge is 2.21. The van der Waals surface area contributed by atoms with E-state index < -0.39 is 23.5 Å². The molecular formula is C23H22ClNO6. The van der Waals surface area contributed by atoms with Gasteiger partial charge in [-0.25, -0.2) is 9.59 Å². The first-order chi connectivity index (χ1) is 14.7. The molecule has 7 nitrogen and oxygen atoms in total. The molecular weight excluding hydrogens is 422 g/mol. The average molecular weight is 444 g/mol. The SMILES string of the molecule is Cc1c(C)c2ccc(OCC(=O)N[C@H](Cc3ccc(Cl)cc3)C(=O)O)c(C)c2oc1=O. The fourth-order valence-corrected chi connectivity index (χ4v) is 3.34. The van der Waals surface area contributed by atoms with Gasteiger partial charge in [0.2, 0.25) is 0 Å². The average Bonchev–Trinajstić information content (AvgIpc) is 2.73. The maximum absolute atomic E-state index is 12.3. The third kappa shape index (κ3) is 5.06. The Morgan fingerprint density at radius 1 is 1.06 bits per heavy atom. The van der Waals surface area contributed by atoms with Gasteiger partial charge in [-0.15, -0.1) is 0 Å². The molecule has 1 heterocycles. The molecule has 0 saturated heterocycles. The van der Waals surface area contributed by atoms with Crippen LogP contribution in [-0.2, 0) is 16.0 Å². The lowest BCUT2D eigenvalue weighted by Gasteiger charge is -2.16. The van der Waals surface area contributed by atoms with Crippen LogP contribution in [-0.4, -0.2) is 29.6 Å². The fourth-order valence-electron chi connectivity index (χ4n) is 3.22. The third-order valence-electron chi connectivity index (χ3n) is 5.17. The van der Waals surface area contributed by atoms with Crippen LogP contribution in [0.15, 0.2) is 45.6 Å². The summed E-state index contributed by atoms with van der Waals surface area (Å²) >= 11 is 5.84. The van der Waals surface area contributed by atoms with Crippen LogP contribution in [0.1, 0.15) is 22.3 Å². The maximum Gasteiger partial charge on any atom is 0.339 e. The van der Waals surface area contributed by atoms with E-state index in [1.165, 1.54) is 0 Å². The Balaban J connectivity index is 1.70. The van der Waals surface area contributed by atoms with E-state index in [-0.39, 0.29) is 13.0 Å². The van der Waals surface area contributed by atoms with Gasteiger partial charge in [-0.2, -0.15) is 0 Å². The molecule has 3 aromatic rings. The summed E-state index contributed by atoms with van der Waals surface area (Å²) in [6.07, 6.45) is 0.108. The van der Waals surface area contributed by atoms with Gasteiger partial charge in [0, 0.05) is 28.0 Å². The molecule has 3 rings (SSSR count). The summed E-state index contributed by atoms with van der Waals surface area (Å²) in [6, 6.07) is 9.07. The molecule has 2 aromatic carbocycles. The summed E-state index contributed by atoms with van der Waals surface area (Å²) in [5.41, 5.74) is 2.66. The molecule has 0 fully saturated rings. The van der Waals surface area contributed by atoms with Crippen molar-refractivity contribution in [2.75, 3.05) is 6.61 Å². The van der Waals surface area contributed by atoms with Crippen LogP contribution in [0.3, 0.4) is 0 Å². The minimum absolute atomic E-state index is 0.108. The Labute approximate surface area is 183 Å². The predicted octanol–water partition coefficient (Wildman–Crippen LogP) is 3.56. The number of aryl methyl sites for hydroxylation is 2. The van der Waals surface area contributed by atoms with E-state index in [1.54, 1.807) is 50.2 Å². The van der Waals surface area contributed by atoms with Crippen molar-refractivity contribution in [2.45, 2.75) is 33.2 Å². The highest BCUT2D eigenvalue weighted by molar-refractivity contribution is 6.30. The van der Waals surface area contributed by atoms with Crippen LogP contribution in [0.4, 0.5) is 0 Å². The summed E-state index contributed by atoms with van der Waals surface area (Å²) in [4.78, 5) is 35.9. The van der Waals surface area contributed by atoms with Gasteiger partial charge < -0.3 is 19.6 Å². The summed E-state index contributed by atoms with van der Waals surface area (Å²) < 4.78 is 11.0. The second kappa shape index (κ2) is 9.22. The van der Waals surface area contributed by atoms with E-state index >= 15 is 0 Å². The first-order valence-corrected chi connectivity index (χ1v) is 9.98. The van der Waals surface area contributed by atoms with Gasteiger partial charge in [0.1, 0.15) is 17.4 Å². The number of carbonyl (C=O) groups excluding carboxylic acids is 1. The quantitative estimate of drug-likeness (QED) is 0.541. The molecule has 1 aromatic heterocycles. The first-order valence-electron chi connectivity index (χ1n) is 9.60. The number of carbonyl (C=O) groups is 2. The van der Waals surface area contributed by atoms with Crippen LogP contribution in [0, 0.1) is 20.8 Å². The summed E-state index contributed by atoms with van der Waals surface area (Å²) in [5.74, 6) is -1.36. The third-order valence-corrected chi connectivity index (χ3v) is 5.42. The zero-order chi connectivity index (χ0) is 22.7. The van der Waals surface area contributed by atoms with Crippen molar-refractivity contribution in [3.63, 3.8) is 0 Å². The summed E-state index contributed by atoms with van der Waals surface area (Å²) in [5, 5.41) is 13.2. The molecule has 0 bridgehead atoms. The second-order valence-electron chi connectivity index (χ2n) is 7.28. The predicted molar refractivity (Wildman–Crippen MR) is 117 cm³/mol. The minimum Gasteiger partial charge on any atom is -0.483 e. The molecule has 0 unspecified atom stereocenters. The van der Waals surface area contributed by atoms with Gasteiger partial charge in [-0.05, 0) is 56.2 Å².